The highest BCUT2D eigenvalue weighted by Crippen LogP contribution is 2.31. The first-order chi connectivity index (χ1) is 13.9. The summed E-state index contributed by atoms with van der Waals surface area (Å²) < 4.78 is 41.2. The molecule has 0 atom stereocenters. The van der Waals surface area contributed by atoms with Crippen LogP contribution in [-0.2, 0) is 9.53 Å². The fourth-order valence-electron chi connectivity index (χ4n) is 3.27. The van der Waals surface area contributed by atoms with E-state index in [0.717, 1.165) is 16.5 Å². The molecule has 0 aliphatic heterocycles. The van der Waals surface area contributed by atoms with Gasteiger partial charge in [-0.05, 0) is 68.0 Å². The van der Waals surface area contributed by atoms with Crippen LogP contribution in [0, 0.1) is 11.6 Å². The van der Waals surface area contributed by atoms with Gasteiger partial charge in [0, 0.05) is 24.2 Å². The highest BCUT2D eigenvalue weighted by molar-refractivity contribution is 5.85. The van der Waals surface area contributed by atoms with Crippen molar-refractivity contribution in [3.63, 3.8) is 0 Å². The molecule has 0 unspecified atom stereocenters. The van der Waals surface area contributed by atoms with Gasteiger partial charge in [-0.1, -0.05) is 12.1 Å². The van der Waals surface area contributed by atoms with Crippen molar-refractivity contribution in [2.75, 3.05) is 13.2 Å². The Morgan fingerprint density at radius 3 is 2.45 bits per heavy atom. The van der Waals surface area contributed by atoms with E-state index < -0.39 is 17.4 Å². The Balaban J connectivity index is 1.77. The quantitative estimate of drug-likeness (QED) is 0.349. The van der Waals surface area contributed by atoms with Gasteiger partial charge in [-0.2, -0.15) is 0 Å². The summed E-state index contributed by atoms with van der Waals surface area (Å²) >= 11 is 0. The van der Waals surface area contributed by atoms with Crippen molar-refractivity contribution >= 4 is 16.9 Å². The van der Waals surface area contributed by atoms with Crippen molar-refractivity contribution in [2.45, 2.75) is 39.7 Å². The molecule has 2 aromatic carbocycles. The number of hydrogen-bond donors (Lipinski definition) is 0. The van der Waals surface area contributed by atoms with Crippen molar-refractivity contribution in [3.05, 3.63) is 54.2 Å². The molecule has 154 valence electrons. The van der Waals surface area contributed by atoms with Gasteiger partial charge in [0.05, 0.1) is 13.2 Å². The molecule has 0 amide bonds. The second-order valence-corrected chi connectivity index (χ2v) is 7.12. The summed E-state index contributed by atoms with van der Waals surface area (Å²) in [5.41, 5.74) is 2.18. The van der Waals surface area contributed by atoms with Crippen LogP contribution in [0.5, 0.6) is 5.75 Å². The van der Waals surface area contributed by atoms with Crippen LogP contribution in [0.2, 0.25) is 0 Å². The van der Waals surface area contributed by atoms with Crippen LogP contribution in [0.15, 0.2) is 42.6 Å². The maximum atomic E-state index is 14.5. The third-order valence-electron chi connectivity index (χ3n) is 4.69. The van der Waals surface area contributed by atoms with Gasteiger partial charge in [0.25, 0.3) is 0 Å². The first-order valence-electron chi connectivity index (χ1n) is 9.79. The van der Waals surface area contributed by atoms with Gasteiger partial charge >= 0.3 is 5.97 Å². The maximum absolute atomic E-state index is 14.5. The molecule has 0 bridgehead atoms. The molecule has 0 fully saturated rings. The molecule has 0 aliphatic carbocycles. The number of carbonyl (C=O) groups is 1. The minimum absolute atomic E-state index is 0.0276. The number of ether oxygens (including phenoxy) is 2. The van der Waals surface area contributed by atoms with Gasteiger partial charge in [-0.25, -0.2) is 8.78 Å². The minimum Gasteiger partial charge on any atom is -0.488 e. The van der Waals surface area contributed by atoms with Crippen LogP contribution in [-0.4, -0.2) is 23.8 Å². The second kappa shape index (κ2) is 9.07. The summed E-state index contributed by atoms with van der Waals surface area (Å²) in [5.74, 6) is -2.32. The average molecular weight is 401 g/mol. The third-order valence-corrected chi connectivity index (χ3v) is 4.69. The zero-order valence-electron chi connectivity index (χ0n) is 16.9. The van der Waals surface area contributed by atoms with Crippen LogP contribution >= 0.6 is 0 Å². The average Bonchev–Trinajstić information content (AvgIpc) is 3.10. The molecule has 3 aromatic rings. The van der Waals surface area contributed by atoms with Gasteiger partial charge in [-0.15, -0.1) is 0 Å². The minimum atomic E-state index is -0.768. The maximum Gasteiger partial charge on any atom is 0.305 e. The van der Waals surface area contributed by atoms with Crippen LogP contribution in [0.1, 0.15) is 39.7 Å². The number of esters is 1. The Morgan fingerprint density at radius 1 is 1.07 bits per heavy atom. The first-order valence-corrected chi connectivity index (χ1v) is 9.79. The smallest absolute Gasteiger partial charge is 0.305 e. The Morgan fingerprint density at radius 2 is 1.79 bits per heavy atom. The first kappa shape index (κ1) is 20.8. The molecule has 0 aliphatic rings. The summed E-state index contributed by atoms with van der Waals surface area (Å²) in [6.45, 7) is 6.22. The predicted molar refractivity (Wildman–Crippen MR) is 109 cm³/mol. The highest BCUT2D eigenvalue weighted by atomic mass is 19.1. The summed E-state index contributed by atoms with van der Waals surface area (Å²) in [5, 5.41) is 1.07. The zero-order chi connectivity index (χ0) is 21.0. The van der Waals surface area contributed by atoms with Crippen molar-refractivity contribution in [3.8, 4) is 16.9 Å². The van der Waals surface area contributed by atoms with E-state index in [-0.39, 0.29) is 25.0 Å². The van der Waals surface area contributed by atoms with Gasteiger partial charge in [0.1, 0.15) is 0 Å². The number of halogens is 2. The molecule has 0 saturated carbocycles. The molecule has 0 N–H and O–H groups in total. The van der Waals surface area contributed by atoms with Gasteiger partial charge in [-0.3, -0.25) is 4.79 Å². The largest absolute Gasteiger partial charge is 0.488 e. The lowest BCUT2D eigenvalue weighted by Crippen LogP contribution is -2.08. The van der Waals surface area contributed by atoms with Crippen molar-refractivity contribution in [1.29, 1.82) is 0 Å². The molecule has 0 spiro atoms. The standard InChI is InChI=1S/C23H25F2NO3/c1-4-28-22(27)6-5-11-29-23-19(24)12-18(13-20(23)25)17-8-7-16-9-10-26(15(2)3)21(16)14-17/h7-10,12-15H,4-6,11H2,1-3H3. The van der Waals surface area contributed by atoms with E-state index in [0.29, 0.717) is 18.6 Å². The number of aromatic nitrogens is 1. The second-order valence-electron chi connectivity index (χ2n) is 7.12. The lowest BCUT2D eigenvalue weighted by atomic mass is 10.0. The van der Waals surface area contributed by atoms with E-state index in [2.05, 4.69) is 18.4 Å². The number of carbonyl (C=O) groups excluding carboxylic acids is 1. The van der Waals surface area contributed by atoms with E-state index in [1.807, 2.05) is 30.5 Å². The van der Waals surface area contributed by atoms with Crippen LogP contribution in [0.4, 0.5) is 8.78 Å². The van der Waals surface area contributed by atoms with E-state index in [9.17, 15) is 13.6 Å². The molecule has 4 nitrogen and oxygen atoms in total. The number of hydrogen-bond acceptors (Lipinski definition) is 3. The topological polar surface area (TPSA) is 40.5 Å². The normalized spacial score (nSPS) is 11.2. The molecule has 3 rings (SSSR count). The lowest BCUT2D eigenvalue weighted by Gasteiger charge is -2.12. The zero-order valence-corrected chi connectivity index (χ0v) is 16.9. The summed E-state index contributed by atoms with van der Waals surface area (Å²) in [6, 6.07) is 10.6. The lowest BCUT2D eigenvalue weighted by molar-refractivity contribution is -0.143. The Kier molecular flexibility index (Phi) is 6.52. The number of nitrogens with zero attached hydrogens (tertiary/aromatic N) is 1. The number of benzene rings is 2. The Bertz CT molecular complexity index is 988. The molecule has 1 aromatic heterocycles. The van der Waals surface area contributed by atoms with Crippen LogP contribution < -0.4 is 4.74 Å². The van der Waals surface area contributed by atoms with E-state index in [1.54, 1.807) is 6.92 Å². The summed E-state index contributed by atoms with van der Waals surface area (Å²) in [6.07, 6.45) is 2.47. The summed E-state index contributed by atoms with van der Waals surface area (Å²) in [7, 11) is 0. The van der Waals surface area contributed by atoms with Crippen LogP contribution in [0.25, 0.3) is 22.0 Å². The fourth-order valence-corrected chi connectivity index (χ4v) is 3.27. The highest BCUT2D eigenvalue weighted by Gasteiger charge is 2.15. The van der Waals surface area contributed by atoms with E-state index >= 15 is 0 Å². The van der Waals surface area contributed by atoms with Gasteiger partial charge < -0.3 is 14.0 Å². The molecule has 0 saturated heterocycles. The van der Waals surface area contributed by atoms with Gasteiger partial charge in [0.15, 0.2) is 17.4 Å². The van der Waals surface area contributed by atoms with Crippen molar-refractivity contribution in [1.82, 2.24) is 4.57 Å². The molecular weight excluding hydrogens is 376 g/mol. The monoisotopic (exact) mass is 401 g/mol. The SMILES string of the molecule is CCOC(=O)CCCOc1c(F)cc(-c2ccc3ccn(C(C)C)c3c2)cc1F. The number of rotatable bonds is 8. The Hall–Kier alpha value is -2.89. The Labute approximate surface area is 169 Å². The number of fused-ring (bicyclic) bond motifs is 1. The molecule has 1 heterocycles. The van der Waals surface area contributed by atoms with Gasteiger partial charge in [0.2, 0.25) is 0 Å². The van der Waals surface area contributed by atoms with Crippen molar-refractivity contribution in [2.24, 2.45) is 0 Å². The van der Waals surface area contributed by atoms with Crippen molar-refractivity contribution < 1.29 is 23.0 Å². The molecule has 0 radical (unpaired) electrons. The van der Waals surface area contributed by atoms with Crippen LogP contribution in [0.3, 0.4) is 0 Å². The summed E-state index contributed by atoms with van der Waals surface area (Å²) in [4.78, 5) is 11.3. The van der Waals surface area contributed by atoms with E-state index in [1.165, 1.54) is 12.1 Å². The molecule has 29 heavy (non-hydrogen) atoms. The third kappa shape index (κ3) is 4.75. The fraction of sp³-hybridized carbons (Fsp3) is 0.348. The molecular formula is C23H25F2NO3. The molecule has 6 heteroatoms. The van der Waals surface area contributed by atoms with E-state index in [4.69, 9.17) is 9.47 Å². The predicted octanol–water partition coefficient (Wildman–Crippen LogP) is 5.89.